The molecule has 7 nitrogen and oxygen atoms in total. The van der Waals surface area contributed by atoms with Gasteiger partial charge in [0.15, 0.2) is 0 Å². The largest absolute Gasteiger partial charge is 0.384 e. The fourth-order valence-corrected chi connectivity index (χ4v) is 3.59. The Morgan fingerprint density at radius 3 is 2.58 bits per heavy atom. The first-order chi connectivity index (χ1) is 11.5. The zero-order chi connectivity index (χ0) is 17.4. The number of amides is 2. The van der Waals surface area contributed by atoms with Crippen molar-refractivity contribution in [2.45, 2.75) is 0 Å². The molecule has 2 amide bonds. The van der Waals surface area contributed by atoms with Gasteiger partial charge in [0.25, 0.3) is 0 Å². The fourth-order valence-electron chi connectivity index (χ4n) is 2.13. The summed E-state index contributed by atoms with van der Waals surface area (Å²) in [6, 6.07) is 13.2. The number of fused-ring (bicyclic) bond motifs is 1. The zero-order valence-electron chi connectivity index (χ0n) is 12.9. The van der Waals surface area contributed by atoms with Gasteiger partial charge in [-0.25, -0.2) is 9.36 Å². The summed E-state index contributed by atoms with van der Waals surface area (Å²) in [5.74, 6) is 0.312. The van der Waals surface area contributed by atoms with E-state index in [0.29, 0.717) is 36.8 Å². The molecule has 0 aliphatic rings. The average Bonchev–Trinajstić information content (AvgIpc) is 2.53. The van der Waals surface area contributed by atoms with Crippen molar-refractivity contribution < 1.29 is 19.1 Å². The minimum atomic E-state index is -4.00. The molecule has 0 aliphatic carbocycles. The Balaban J connectivity index is 1.69. The molecule has 5 N–H and O–H groups in total. The number of anilines is 1. The van der Waals surface area contributed by atoms with Crippen molar-refractivity contribution in [1.82, 2.24) is 10.6 Å². The van der Waals surface area contributed by atoms with Crippen LogP contribution < -0.4 is 16.0 Å². The molecule has 0 heterocycles. The second-order valence-corrected chi connectivity index (χ2v) is 8.83. The summed E-state index contributed by atoms with van der Waals surface area (Å²) in [5.41, 5.74) is 0.747. The lowest BCUT2D eigenvalue weighted by Gasteiger charge is -2.10. The van der Waals surface area contributed by atoms with Gasteiger partial charge in [0.1, 0.15) is 0 Å². The van der Waals surface area contributed by atoms with E-state index in [1.54, 1.807) is 0 Å². The topological polar surface area (TPSA) is 111 Å². The molecule has 9 heteroatoms. The van der Waals surface area contributed by atoms with Gasteiger partial charge in [-0.05, 0) is 22.8 Å². The number of urea groups is 1. The molecule has 0 unspecified atom stereocenters. The van der Waals surface area contributed by atoms with Crippen molar-refractivity contribution in [2.75, 3.05) is 30.7 Å². The highest BCUT2D eigenvalue weighted by Gasteiger charge is 2.12. The Kier molecular flexibility index (Phi) is 7.08. The standard InChI is InChI=1S/C15H20N3O4PS/c19-15(17-9-8-16-10-11-24-23(20,21)22)18-14-7-3-5-12-4-1-2-6-13(12)14/h1-7,16H,8-11H2,(H2,17,18,19)(H2,20,21,22). The number of hydrogen-bond acceptors (Lipinski definition) is 4. The molecule has 2 aromatic rings. The highest BCUT2D eigenvalue weighted by Crippen LogP contribution is 2.49. The lowest BCUT2D eigenvalue weighted by Crippen LogP contribution is -2.35. The molecular weight excluding hydrogens is 349 g/mol. The third kappa shape index (κ3) is 6.51. The van der Waals surface area contributed by atoms with Crippen molar-refractivity contribution in [3.8, 4) is 0 Å². The minimum absolute atomic E-state index is 0.294. The molecule has 0 saturated carbocycles. The van der Waals surface area contributed by atoms with Crippen LogP contribution in [0.3, 0.4) is 0 Å². The summed E-state index contributed by atoms with van der Waals surface area (Å²) in [6.07, 6.45) is 0. The third-order valence-corrected chi connectivity index (χ3v) is 5.44. The van der Waals surface area contributed by atoms with Crippen LogP contribution in [0.1, 0.15) is 0 Å². The Hall–Kier alpha value is -1.57. The second kappa shape index (κ2) is 9.05. The van der Waals surface area contributed by atoms with Crippen LogP contribution in [0.15, 0.2) is 42.5 Å². The van der Waals surface area contributed by atoms with E-state index < -0.39 is 6.80 Å². The molecule has 0 fully saturated rings. The monoisotopic (exact) mass is 369 g/mol. The van der Waals surface area contributed by atoms with E-state index in [0.717, 1.165) is 16.5 Å². The summed E-state index contributed by atoms with van der Waals surface area (Å²) in [4.78, 5) is 29.3. The maximum atomic E-state index is 11.9. The maximum Gasteiger partial charge on any atom is 0.384 e. The quantitative estimate of drug-likeness (QED) is 0.361. The third-order valence-electron chi connectivity index (χ3n) is 3.16. The molecule has 0 spiro atoms. The SMILES string of the molecule is O=C(NCCNCCSP(=O)(O)O)Nc1cccc2ccccc12. The van der Waals surface area contributed by atoms with Crippen LogP contribution in [0.25, 0.3) is 10.8 Å². The summed E-state index contributed by atoms with van der Waals surface area (Å²) in [7, 11) is 0. The summed E-state index contributed by atoms with van der Waals surface area (Å²) >= 11 is 0.605. The molecule has 2 aromatic carbocycles. The van der Waals surface area contributed by atoms with Crippen LogP contribution in [0.2, 0.25) is 0 Å². The van der Waals surface area contributed by atoms with Crippen molar-refractivity contribution in [2.24, 2.45) is 0 Å². The van der Waals surface area contributed by atoms with E-state index in [1.807, 2.05) is 42.5 Å². The van der Waals surface area contributed by atoms with E-state index in [-0.39, 0.29) is 6.03 Å². The van der Waals surface area contributed by atoms with Gasteiger partial charge in [-0.2, -0.15) is 0 Å². The second-order valence-electron chi connectivity index (χ2n) is 4.98. The van der Waals surface area contributed by atoms with E-state index in [1.165, 1.54) is 0 Å². The minimum Gasteiger partial charge on any atom is -0.337 e. The number of rotatable bonds is 8. The smallest absolute Gasteiger partial charge is 0.337 e. The Morgan fingerprint density at radius 2 is 1.79 bits per heavy atom. The fraction of sp³-hybridized carbons (Fsp3) is 0.267. The molecular formula is C15H20N3O4PS. The highest BCUT2D eigenvalue weighted by atomic mass is 32.7. The van der Waals surface area contributed by atoms with Crippen LogP contribution in [-0.2, 0) is 4.57 Å². The van der Waals surface area contributed by atoms with E-state index in [4.69, 9.17) is 9.79 Å². The van der Waals surface area contributed by atoms with E-state index in [9.17, 15) is 9.36 Å². The molecule has 2 rings (SSSR count). The number of carbonyl (C=O) groups is 1. The number of carbonyl (C=O) groups excluding carboxylic acids is 1. The predicted molar refractivity (Wildman–Crippen MR) is 98.3 cm³/mol. The van der Waals surface area contributed by atoms with Gasteiger partial charge in [-0.15, -0.1) is 0 Å². The van der Waals surface area contributed by atoms with Gasteiger partial charge in [-0.3, -0.25) is 0 Å². The van der Waals surface area contributed by atoms with Gasteiger partial charge < -0.3 is 25.7 Å². The van der Waals surface area contributed by atoms with E-state index in [2.05, 4.69) is 16.0 Å². The Labute approximate surface area is 144 Å². The lowest BCUT2D eigenvalue weighted by molar-refractivity contribution is 0.252. The molecule has 130 valence electrons. The van der Waals surface area contributed by atoms with Crippen molar-refractivity contribution in [3.05, 3.63) is 42.5 Å². The lowest BCUT2D eigenvalue weighted by atomic mass is 10.1. The predicted octanol–water partition coefficient (Wildman–Crippen LogP) is 2.38. The molecule has 0 radical (unpaired) electrons. The van der Waals surface area contributed by atoms with Crippen molar-refractivity contribution >= 4 is 40.7 Å². The van der Waals surface area contributed by atoms with Gasteiger partial charge in [0, 0.05) is 30.8 Å². The van der Waals surface area contributed by atoms with E-state index >= 15 is 0 Å². The Morgan fingerprint density at radius 1 is 1.04 bits per heavy atom. The molecule has 0 bridgehead atoms. The van der Waals surface area contributed by atoms with Crippen LogP contribution in [0.4, 0.5) is 10.5 Å². The van der Waals surface area contributed by atoms with Gasteiger partial charge >= 0.3 is 12.8 Å². The maximum absolute atomic E-state index is 11.9. The number of nitrogens with one attached hydrogen (secondary N) is 3. The zero-order valence-corrected chi connectivity index (χ0v) is 14.6. The number of benzene rings is 2. The molecule has 0 saturated heterocycles. The summed E-state index contributed by atoms with van der Waals surface area (Å²) in [5, 5.41) is 10.6. The molecule has 0 atom stereocenters. The van der Waals surface area contributed by atoms with Gasteiger partial charge in [0.05, 0.1) is 5.69 Å². The molecule has 24 heavy (non-hydrogen) atoms. The summed E-state index contributed by atoms with van der Waals surface area (Å²) in [6.45, 7) is -2.61. The first-order valence-electron chi connectivity index (χ1n) is 7.39. The van der Waals surface area contributed by atoms with Gasteiger partial charge in [-0.1, -0.05) is 36.4 Å². The van der Waals surface area contributed by atoms with Crippen molar-refractivity contribution in [1.29, 1.82) is 0 Å². The van der Waals surface area contributed by atoms with Crippen LogP contribution in [0, 0.1) is 0 Å². The van der Waals surface area contributed by atoms with Gasteiger partial charge in [0.2, 0.25) is 0 Å². The van der Waals surface area contributed by atoms with Crippen LogP contribution in [0.5, 0.6) is 0 Å². The normalized spacial score (nSPS) is 11.4. The van der Waals surface area contributed by atoms with Crippen LogP contribution >= 0.6 is 18.2 Å². The van der Waals surface area contributed by atoms with Crippen molar-refractivity contribution in [3.63, 3.8) is 0 Å². The van der Waals surface area contributed by atoms with Crippen LogP contribution in [-0.4, -0.2) is 41.2 Å². The average molecular weight is 369 g/mol. The first-order valence-corrected chi connectivity index (χ1v) is 10.6. The molecule has 0 aliphatic heterocycles. The number of hydrogen-bond donors (Lipinski definition) is 5. The highest BCUT2D eigenvalue weighted by molar-refractivity contribution is 8.54. The first kappa shape index (κ1) is 18.8. The Bertz CT molecular complexity index is 732. The molecule has 0 aromatic heterocycles. The summed E-state index contributed by atoms with van der Waals surface area (Å²) < 4.78 is 10.6.